The van der Waals surface area contributed by atoms with Crippen LogP contribution in [-0.4, -0.2) is 17.3 Å². The van der Waals surface area contributed by atoms with Crippen LogP contribution in [0, 0.1) is 13.8 Å². The van der Waals surface area contributed by atoms with E-state index in [1.807, 2.05) is 19.9 Å². The van der Waals surface area contributed by atoms with E-state index >= 15 is 0 Å². The van der Waals surface area contributed by atoms with E-state index in [0.29, 0.717) is 12.8 Å². The first kappa shape index (κ1) is 12.6. The summed E-state index contributed by atoms with van der Waals surface area (Å²) in [6, 6.07) is 6.25. The Labute approximate surface area is 104 Å². The van der Waals surface area contributed by atoms with Crippen LogP contribution in [0.5, 0.6) is 0 Å². The zero-order valence-corrected chi connectivity index (χ0v) is 11.2. The molecule has 1 heterocycles. The standard InChI is InChI=1S/C15H22O2/c1-10-5-6-14(7-11(10)2)15(16)8-12(3)17-13(4)9-15/h5-7,12-13,16H,8-9H2,1-4H3. The fraction of sp³-hybridized carbons (Fsp3) is 0.600. The highest BCUT2D eigenvalue weighted by Crippen LogP contribution is 2.37. The largest absolute Gasteiger partial charge is 0.385 e. The third-order valence-corrected chi connectivity index (χ3v) is 3.76. The quantitative estimate of drug-likeness (QED) is 0.809. The highest BCUT2D eigenvalue weighted by Gasteiger charge is 2.38. The van der Waals surface area contributed by atoms with Crippen molar-refractivity contribution in [3.8, 4) is 0 Å². The van der Waals surface area contributed by atoms with Crippen molar-refractivity contribution in [3.05, 3.63) is 34.9 Å². The molecule has 0 bridgehead atoms. The van der Waals surface area contributed by atoms with Gasteiger partial charge in [0.2, 0.25) is 0 Å². The van der Waals surface area contributed by atoms with Crippen molar-refractivity contribution in [2.75, 3.05) is 0 Å². The molecule has 2 atom stereocenters. The van der Waals surface area contributed by atoms with Gasteiger partial charge in [0.1, 0.15) is 0 Å². The first-order valence-corrected chi connectivity index (χ1v) is 6.36. The Kier molecular flexibility index (Phi) is 3.28. The first-order valence-electron chi connectivity index (χ1n) is 6.36. The van der Waals surface area contributed by atoms with Gasteiger partial charge in [-0.2, -0.15) is 0 Å². The van der Waals surface area contributed by atoms with Gasteiger partial charge in [-0.3, -0.25) is 0 Å². The van der Waals surface area contributed by atoms with Crippen LogP contribution in [0.2, 0.25) is 0 Å². The van der Waals surface area contributed by atoms with Crippen molar-refractivity contribution in [2.24, 2.45) is 0 Å². The number of benzene rings is 1. The van der Waals surface area contributed by atoms with Gasteiger partial charge >= 0.3 is 0 Å². The van der Waals surface area contributed by atoms with E-state index in [9.17, 15) is 5.11 Å². The smallest absolute Gasteiger partial charge is 0.0945 e. The van der Waals surface area contributed by atoms with Gasteiger partial charge in [-0.05, 0) is 44.4 Å². The number of hydrogen-bond acceptors (Lipinski definition) is 2. The molecule has 0 spiro atoms. The van der Waals surface area contributed by atoms with Crippen molar-refractivity contribution >= 4 is 0 Å². The summed E-state index contributed by atoms with van der Waals surface area (Å²) in [4.78, 5) is 0. The summed E-state index contributed by atoms with van der Waals surface area (Å²) in [7, 11) is 0. The van der Waals surface area contributed by atoms with Gasteiger partial charge in [0.25, 0.3) is 0 Å². The van der Waals surface area contributed by atoms with Crippen LogP contribution in [0.25, 0.3) is 0 Å². The molecule has 2 heteroatoms. The monoisotopic (exact) mass is 234 g/mol. The summed E-state index contributed by atoms with van der Waals surface area (Å²) in [5, 5.41) is 10.8. The molecule has 2 unspecified atom stereocenters. The van der Waals surface area contributed by atoms with E-state index in [0.717, 1.165) is 5.56 Å². The molecule has 1 aromatic rings. The topological polar surface area (TPSA) is 29.5 Å². The van der Waals surface area contributed by atoms with Gasteiger partial charge < -0.3 is 9.84 Å². The number of aryl methyl sites for hydroxylation is 2. The second-order valence-electron chi connectivity index (χ2n) is 5.50. The molecule has 1 saturated heterocycles. The van der Waals surface area contributed by atoms with Crippen LogP contribution in [0.3, 0.4) is 0 Å². The third kappa shape index (κ3) is 2.53. The van der Waals surface area contributed by atoms with E-state index in [2.05, 4.69) is 26.0 Å². The maximum atomic E-state index is 10.8. The average molecular weight is 234 g/mol. The van der Waals surface area contributed by atoms with Crippen molar-refractivity contribution in [3.63, 3.8) is 0 Å². The van der Waals surface area contributed by atoms with E-state index in [-0.39, 0.29) is 12.2 Å². The minimum atomic E-state index is -0.727. The van der Waals surface area contributed by atoms with Gasteiger partial charge in [0.15, 0.2) is 0 Å². The Morgan fingerprint density at radius 3 is 2.24 bits per heavy atom. The highest BCUT2D eigenvalue weighted by molar-refractivity contribution is 5.33. The Bertz CT molecular complexity index is 401. The Morgan fingerprint density at radius 2 is 1.71 bits per heavy atom. The molecule has 2 rings (SSSR count). The summed E-state index contributed by atoms with van der Waals surface area (Å²) in [5.74, 6) is 0. The van der Waals surface area contributed by atoms with E-state index < -0.39 is 5.60 Å². The van der Waals surface area contributed by atoms with Crippen molar-refractivity contribution < 1.29 is 9.84 Å². The first-order chi connectivity index (χ1) is 7.90. The Balaban J connectivity index is 2.33. The molecule has 0 amide bonds. The molecule has 0 saturated carbocycles. The Morgan fingerprint density at radius 1 is 1.12 bits per heavy atom. The van der Waals surface area contributed by atoms with Crippen molar-refractivity contribution in [1.82, 2.24) is 0 Å². The molecule has 0 aliphatic carbocycles. The van der Waals surface area contributed by atoms with Gasteiger partial charge in [0.05, 0.1) is 17.8 Å². The summed E-state index contributed by atoms with van der Waals surface area (Å²) in [6.07, 6.45) is 1.59. The molecular weight excluding hydrogens is 212 g/mol. The van der Waals surface area contributed by atoms with Gasteiger partial charge in [-0.1, -0.05) is 18.2 Å². The van der Waals surface area contributed by atoms with Crippen molar-refractivity contribution in [2.45, 2.75) is 58.3 Å². The van der Waals surface area contributed by atoms with Crippen LogP contribution < -0.4 is 0 Å². The van der Waals surface area contributed by atoms with Gasteiger partial charge in [0, 0.05) is 12.8 Å². The lowest BCUT2D eigenvalue weighted by atomic mass is 9.81. The molecule has 0 aromatic heterocycles. The maximum absolute atomic E-state index is 10.8. The highest BCUT2D eigenvalue weighted by atomic mass is 16.5. The third-order valence-electron chi connectivity index (χ3n) is 3.76. The average Bonchev–Trinajstić information content (AvgIpc) is 2.19. The minimum absolute atomic E-state index is 0.116. The summed E-state index contributed by atoms with van der Waals surface area (Å²) >= 11 is 0. The lowest BCUT2D eigenvalue weighted by Crippen LogP contribution is -2.41. The van der Waals surface area contributed by atoms with Crippen LogP contribution in [-0.2, 0) is 10.3 Å². The van der Waals surface area contributed by atoms with Gasteiger partial charge in [-0.15, -0.1) is 0 Å². The summed E-state index contributed by atoms with van der Waals surface area (Å²) in [5.41, 5.74) is 2.81. The normalized spacial score (nSPS) is 33.7. The molecular formula is C15H22O2. The van der Waals surface area contributed by atoms with Crippen LogP contribution >= 0.6 is 0 Å². The van der Waals surface area contributed by atoms with E-state index in [1.54, 1.807) is 0 Å². The second kappa shape index (κ2) is 4.43. The second-order valence-corrected chi connectivity index (χ2v) is 5.50. The molecule has 1 N–H and O–H groups in total. The number of rotatable bonds is 1. The molecule has 1 aliphatic rings. The predicted molar refractivity (Wildman–Crippen MR) is 69.1 cm³/mol. The van der Waals surface area contributed by atoms with E-state index in [4.69, 9.17) is 4.74 Å². The zero-order chi connectivity index (χ0) is 12.6. The van der Waals surface area contributed by atoms with E-state index in [1.165, 1.54) is 11.1 Å². The fourth-order valence-electron chi connectivity index (χ4n) is 2.79. The number of hydrogen-bond donors (Lipinski definition) is 1. The number of ether oxygens (including phenoxy) is 1. The minimum Gasteiger partial charge on any atom is -0.385 e. The lowest BCUT2D eigenvalue weighted by Gasteiger charge is -2.39. The predicted octanol–water partition coefficient (Wildman–Crippen LogP) is 3.08. The molecule has 94 valence electrons. The fourth-order valence-corrected chi connectivity index (χ4v) is 2.79. The molecule has 1 aromatic carbocycles. The Hall–Kier alpha value is -0.860. The SMILES string of the molecule is Cc1ccc(C2(O)CC(C)OC(C)C2)cc1C. The zero-order valence-electron chi connectivity index (χ0n) is 11.2. The molecule has 17 heavy (non-hydrogen) atoms. The molecule has 2 nitrogen and oxygen atoms in total. The van der Waals surface area contributed by atoms with Crippen LogP contribution in [0.15, 0.2) is 18.2 Å². The van der Waals surface area contributed by atoms with Crippen molar-refractivity contribution in [1.29, 1.82) is 0 Å². The number of aliphatic hydroxyl groups is 1. The molecule has 1 fully saturated rings. The maximum Gasteiger partial charge on any atom is 0.0945 e. The summed E-state index contributed by atoms with van der Waals surface area (Å²) in [6.45, 7) is 8.25. The molecule has 1 aliphatic heterocycles. The van der Waals surface area contributed by atoms with Crippen LogP contribution in [0.4, 0.5) is 0 Å². The molecule has 0 radical (unpaired) electrons. The summed E-state index contributed by atoms with van der Waals surface area (Å²) < 4.78 is 5.70. The lowest BCUT2D eigenvalue weighted by molar-refractivity contribution is -0.135. The van der Waals surface area contributed by atoms with Gasteiger partial charge in [-0.25, -0.2) is 0 Å². The van der Waals surface area contributed by atoms with Crippen LogP contribution in [0.1, 0.15) is 43.4 Å².